The van der Waals surface area contributed by atoms with E-state index in [0.717, 1.165) is 66.5 Å². The molecule has 0 saturated heterocycles. The van der Waals surface area contributed by atoms with Gasteiger partial charge in [0, 0.05) is 38.8 Å². The highest BCUT2D eigenvalue weighted by Crippen LogP contribution is 2.47. The number of anilines is 3. The minimum absolute atomic E-state index is 0.589. The van der Waals surface area contributed by atoms with Crippen LogP contribution in [0.25, 0.3) is 66.9 Å². The number of aromatic nitrogens is 3. The molecule has 5 heteroatoms. The summed E-state index contributed by atoms with van der Waals surface area (Å²) in [5.41, 5.74) is 7.49. The van der Waals surface area contributed by atoms with Gasteiger partial charge in [-0.05, 0) is 41.8 Å². The Morgan fingerprint density at radius 1 is 0.438 bits per heavy atom. The third-order valence-corrected chi connectivity index (χ3v) is 8.68. The van der Waals surface area contributed by atoms with Gasteiger partial charge < -0.3 is 9.32 Å². The smallest absolute Gasteiger partial charge is 0.164 e. The second-order valence-electron chi connectivity index (χ2n) is 11.6. The van der Waals surface area contributed by atoms with Gasteiger partial charge >= 0.3 is 0 Å². The van der Waals surface area contributed by atoms with Crippen LogP contribution in [0.5, 0.6) is 0 Å². The molecule has 0 aliphatic heterocycles. The Kier molecular flexibility index (Phi) is 6.72. The van der Waals surface area contributed by atoms with E-state index in [1.54, 1.807) is 0 Å². The molecule has 48 heavy (non-hydrogen) atoms. The molecule has 0 radical (unpaired) electrons. The zero-order chi connectivity index (χ0) is 31.9. The maximum absolute atomic E-state index is 6.82. The number of hydrogen-bond donors (Lipinski definition) is 0. The summed E-state index contributed by atoms with van der Waals surface area (Å²) in [5, 5.41) is 4.05. The van der Waals surface area contributed by atoms with E-state index in [-0.39, 0.29) is 0 Å². The summed E-state index contributed by atoms with van der Waals surface area (Å²) < 4.78 is 6.82. The first-order valence-corrected chi connectivity index (χ1v) is 16.0. The number of fused-ring (bicyclic) bond motifs is 5. The predicted molar refractivity (Wildman–Crippen MR) is 196 cm³/mol. The van der Waals surface area contributed by atoms with Gasteiger partial charge in [0.15, 0.2) is 17.5 Å². The Hall–Kier alpha value is -6.59. The van der Waals surface area contributed by atoms with Crippen LogP contribution in [0.3, 0.4) is 0 Å². The van der Waals surface area contributed by atoms with Crippen LogP contribution in [-0.4, -0.2) is 15.0 Å². The normalized spacial score (nSPS) is 11.3. The van der Waals surface area contributed by atoms with Crippen LogP contribution < -0.4 is 4.90 Å². The first kappa shape index (κ1) is 27.7. The Morgan fingerprint density at radius 3 is 1.56 bits per heavy atom. The molecule has 0 saturated carbocycles. The lowest BCUT2D eigenvalue weighted by molar-refractivity contribution is 0.673. The number of hydrogen-bond acceptors (Lipinski definition) is 5. The zero-order valence-corrected chi connectivity index (χ0v) is 25.9. The second kappa shape index (κ2) is 11.6. The fourth-order valence-corrected chi connectivity index (χ4v) is 6.51. The van der Waals surface area contributed by atoms with E-state index in [9.17, 15) is 0 Å². The van der Waals surface area contributed by atoms with Gasteiger partial charge in [-0.2, -0.15) is 0 Å². The van der Waals surface area contributed by atoms with Crippen molar-refractivity contribution in [2.24, 2.45) is 0 Å². The monoisotopic (exact) mass is 616 g/mol. The van der Waals surface area contributed by atoms with Crippen molar-refractivity contribution in [2.75, 3.05) is 4.90 Å². The molecule has 0 unspecified atom stereocenters. The molecular formula is C43H28N4O. The van der Waals surface area contributed by atoms with Gasteiger partial charge in [0.2, 0.25) is 0 Å². The highest BCUT2D eigenvalue weighted by molar-refractivity contribution is 6.24. The van der Waals surface area contributed by atoms with Crippen LogP contribution in [-0.2, 0) is 0 Å². The first-order chi connectivity index (χ1) is 23.8. The van der Waals surface area contributed by atoms with Gasteiger partial charge in [-0.1, -0.05) is 133 Å². The van der Waals surface area contributed by atoms with E-state index in [4.69, 9.17) is 19.4 Å². The summed E-state index contributed by atoms with van der Waals surface area (Å²) in [7, 11) is 0. The topological polar surface area (TPSA) is 55.1 Å². The Bertz CT molecular complexity index is 2450. The van der Waals surface area contributed by atoms with E-state index in [2.05, 4.69) is 89.8 Å². The molecule has 0 atom stereocenters. The van der Waals surface area contributed by atoms with Gasteiger partial charge in [0.05, 0.1) is 11.1 Å². The van der Waals surface area contributed by atoms with Crippen molar-refractivity contribution in [3.05, 3.63) is 170 Å². The van der Waals surface area contributed by atoms with Gasteiger partial charge in [-0.3, -0.25) is 0 Å². The van der Waals surface area contributed by atoms with Crippen molar-refractivity contribution in [1.29, 1.82) is 0 Å². The van der Waals surface area contributed by atoms with E-state index >= 15 is 0 Å². The van der Waals surface area contributed by atoms with Crippen LogP contribution in [0.1, 0.15) is 0 Å². The van der Waals surface area contributed by atoms with Crippen molar-refractivity contribution in [3.8, 4) is 34.2 Å². The van der Waals surface area contributed by atoms with Gasteiger partial charge in [0.1, 0.15) is 11.2 Å². The van der Waals surface area contributed by atoms with Gasteiger partial charge in [-0.25, -0.2) is 15.0 Å². The molecule has 7 aromatic carbocycles. The Balaban J connectivity index is 1.37. The lowest BCUT2D eigenvalue weighted by atomic mass is 9.98. The lowest BCUT2D eigenvalue weighted by Crippen LogP contribution is -2.10. The summed E-state index contributed by atoms with van der Waals surface area (Å²) in [6.45, 7) is 0. The Morgan fingerprint density at radius 2 is 0.958 bits per heavy atom. The summed E-state index contributed by atoms with van der Waals surface area (Å²) in [6.07, 6.45) is 0. The van der Waals surface area contributed by atoms with Crippen molar-refractivity contribution in [3.63, 3.8) is 0 Å². The van der Waals surface area contributed by atoms with Crippen LogP contribution in [0.15, 0.2) is 174 Å². The lowest BCUT2D eigenvalue weighted by Gasteiger charge is -2.26. The van der Waals surface area contributed by atoms with Gasteiger partial charge in [-0.15, -0.1) is 0 Å². The zero-order valence-electron chi connectivity index (χ0n) is 25.9. The highest BCUT2D eigenvalue weighted by atomic mass is 16.3. The molecule has 2 heterocycles. The standard InChI is InChI=1S/C43H28N4O/c1-5-16-29(17-6-1)41-44-42(30-18-7-2-8-19-30)46-43(45-41)35-26-15-20-31-28-36(39-34-25-13-14-27-37(34)48-40(39)38(31)35)47(32-21-9-3-10-22-32)33-23-11-4-12-24-33/h1-28H. The Labute approximate surface area is 277 Å². The van der Waals surface area contributed by atoms with Crippen LogP contribution in [0.2, 0.25) is 0 Å². The fraction of sp³-hybridized carbons (Fsp3) is 0. The molecule has 5 nitrogen and oxygen atoms in total. The van der Waals surface area contributed by atoms with Crippen LogP contribution >= 0.6 is 0 Å². The van der Waals surface area contributed by atoms with Crippen molar-refractivity contribution in [1.82, 2.24) is 15.0 Å². The summed E-state index contributed by atoms with van der Waals surface area (Å²) in [6, 6.07) is 57.9. The summed E-state index contributed by atoms with van der Waals surface area (Å²) in [4.78, 5) is 17.4. The minimum atomic E-state index is 0.589. The average Bonchev–Trinajstić information content (AvgIpc) is 3.56. The third-order valence-electron chi connectivity index (χ3n) is 8.68. The van der Waals surface area contributed by atoms with Crippen molar-refractivity contribution < 1.29 is 4.42 Å². The third kappa shape index (κ3) is 4.77. The molecule has 0 aliphatic carbocycles. The SMILES string of the molecule is c1ccc(-c2nc(-c3ccccc3)nc(-c3cccc4cc(N(c5ccccc5)c5ccccc5)c5c6ccccc6oc5c34)n2)cc1. The van der Waals surface area contributed by atoms with E-state index in [1.807, 2.05) is 84.9 Å². The number of para-hydroxylation sites is 3. The molecule has 2 aromatic heterocycles. The van der Waals surface area contributed by atoms with E-state index < -0.39 is 0 Å². The molecule has 9 aromatic rings. The molecule has 0 amide bonds. The first-order valence-electron chi connectivity index (χ1n) is 16.0. The molecule has 0 fully saturated rings. The molecule has 0 bridgehead atoms. The molecular weight excluding hydrogens is 589 g/mol. The summed E-state index contributed by atoms with van der Waals surface area (Å²) in [5.74, 6) is 1.83. The largest absolute Gasteiger partial charge is 0.455 e. The van der Waals surface area contributed by atoms with Crippen molar-refractivity contribution >= 4 is 49.8 Å². The molecule has 0 spiro atoms. The number of nitrogens with zero attached hydrogens (tertiary/aromatic N) is 4. The predicted octanol–water partition coefficient (Wildman–Crippen LogP) is 11.4. The minimum Gasteiger partial charge on any atom is -0.455 e. The van der Waals surface area contributed by atoms with Crippen molar-refractivity contribution in [2.45, 2.75) is 0 Å². The summed E-state index contributed by atoms with van der Waals surface area (Å²) >= 11 is 0. The quantitative estimate of drug-likeness (QED) is 0.186. The number of rotatable bonds is 6. The number of furan rings is 1. The maximum atomic E-state index is 6.82. The van der Waals surface area contributed by atoms with Crippen LogP contribution in [0, 0.1) is 0 Å². The van der Waals surface area contributed by atoms with Gasteiger partial charge in [0.25, 0.3) is 0 Å². The molecule has 9 rings (SSSR count). The second-order valence-corrected chi connectivity index (χ2v) is 11.6. The molecule has 0 aliphatic rings. The van der Waals surface area contributed by atoms with E-state index in [1.165, 1.54) is 0 Å². The molecule has 0 N–H and O–H groups in total. The average molecular weight is 617 g/mol. The maximum Gasteiger partial charge on any atom is 0.164 e. The van der Waals surface area contributed by atoms with E-state index in [0.29, 0.717) is 17.5 Å². The fourth-order valence-electron chi connectivity index (χ4n) is 6.51. The number of benzene rings is 7. The highest BCUT2D eigenvalue weighted by Gasteiger charge is 2.24. The van der Waals surface area contributed by atoms with Crippen LogP contribution in [0.4, 0.5) is 17.1 Å². The molecule has 226 valence electrons.